The molecule has 5 rings (SSSR count). The van der Waals surface area contributed by atoms with Crippen LogP contribution in [0.3, 0.4) is 0 Å². The zero-order valence-corrected chi connectivity index (χ0v) is 17.7. The van der Waals surface area contributed by atoms with Crippen molar-refractivity contribution in [2.45, 2.75) is 6.54 Å². The molecule has 1 amide bonds. The normalized spacial score (nSPS) is 11.1. The van der Waals surface area contributed by atoms with Gasteiger partial charge in [0.2, 0.25) is 0 Å². The Hall–Kier alpha value is -4.59. The van der Waals surface area contributed by atoms with Crippen molar-refractivity contribution in [1.82, 2.24) is 24.6 Å². The number of hydrogen-bond acceptors (Lipinski definition) is 5. The molecule has 3 aromatic carbocycles. The van der Waals surface area contributed by atoms with Crippen LogP contribution in [0, 0.1) is 0 Å². The van der Waals surface area contributed by atoms with Gasteiger partial charge in [0.15, 0.2) is 5.69 Å². The fourth-order valence-corrected chi connectivity index (χ4v) is 3.78. The highest BCUT2D eigenvalue weighted by Gasteiger charge is 2.21. The van der Waals surface area contributed by atoms with E-state index >= 15 is 0 Å². The molecule has 0 aliphatic carbocycles. The van der Waals surface area contributed by atoms with E-state index in [1.807, 2.05) is 6.07 Å². The Morgan fingerprint density at radius 2 is 1.52 bits per heavy atom. The highest BCUT2D eigenvalue weighted by atomic mass is 16.2. The van der Waals surface area contributed by atoms with Crippen LogP contribution in [-0.2, 0) is 6.54 Å². The van der Waals surface area contributed by atoms with Gasteiger partial charge in [0.25, 0.3) is 17.0 Å². The molecule has 33 heavy (non-hydrogen) atoms. The predicted octanol–water partition coefficient (Wildman–Crippen LogP) is 2.89. The minimum absolute atomic E-state index is 0.0688. The molecule has 0 aliphatic rings. The average molecular weight is 437 g/mol. The van der Waals surface area contributed by atoms with Crippen molar-refractivity contribution in [2.24, 2.45) is 0 Å². The highest BCUT2D eigenvalue weighted by molar-refractivity contribution is 6.04. The fraction of sp³-hybridized carbons (Fsp3) is 0.0800. The number of rotatable bonds is 4. The van der Waals surface area contributed by atoms with Crippen LogP contribution < -0.4 is 11.1 Å². The van der Waals surface area contributed by atoms with Crippen LogP contribution in [0.2, 0.25) is 0 Å². The second-order valence-corrected chi connectivity index (χ2v) is 7.64. The van der Waals surface area contributed by atoms with Gasteiger partial charge >= 0.3 is 0 Å². The van der Waals surface area contributed by atoms with Gasteiger partial charge in [0.05, 0.1) is 28.5 Å². The SMILES string of the molecule is CN(Cc1nc2ccccc2c(=O)[nH]1)C(=O)c1nn(-c2ccccc2)c(=O)c2ccccc12. The molecule has 0 bridgehead atoms. The summed E-state index contributed by atoms with van der Waals surface area (Å²) in [4.78, 5) is 47.5. The molecule has 0 saturated heterocycles. The molecular formula is C25H19N5O3. The quantitative estimate of drug-likeness (QED) is 0.466. The number of amides is 1. The Balaban J connectivity index is 1.57. The predicted molar refractivity (Wildman–Crippen MR) is 126 cm³/mol. The van der Waals surface area contributed by atoms with E-state index in [1.165, 1.54) is 9.58 Å². The first-order valence-electron chi connectivity index (χ1n) is 10.3. The number of nitrogens with one attached hydrogen (secondary N) is 1. The van der Waals surface area contributed by atoms with Gasteiger partial charge in [0.1, 0.15) is 5.82 Å². The summed E-state index contributed by atoms with van der Waals surface area (Å²) in [5.74, 6) is -0.0399. The third-order valence-electron chi connectivity index (χ3n) is 5.40. The second kappa shape index (κ2) is 8.16. The molecule has 0 saturated carbocycles. The molecule has 5 aromatic rings. The van der Waals surface area contributed by atoms with E-state index in [2.05, 4.69) is 15.1 Å². The Labute approximate surface area is 187 Å². The Morgan fingerprint density at radius 1 is 0.879 bits per heavy atom. The summed E-state index contributed by atoms with van der Waals surface area (Å²) >= 11 is 0. The summed E-state index contributed by atoms with van der Waals surface area (Å²) in [6.07, 6.45) is 0. The maximum absolute atomic E-state index is 13.4. The molecule has 0 fully saturated rings. The van der Waals surface area contributed by atoms with Gasteiger partial charge in [-0.3, -0.25) is 14.4 Å². The van der Waals surface area contributed by atoms with Crippen LogP contribution >= 0.6 is 0 Å². The summed E-state index contributed by atoms with van der Waals surface area (Å²) in [6, 6.07) is 22.9. The molecule has 1 N–H and O–H groups in total. The van der Waals surface area contributed by atoms with Crippen LogP contribution in [-0.4, -0.2) is 37.6 Å². The number of H-pyrrole nitrogens is 1. The van der Waals surface area contributed by atoms with Crippen molar-refractivity contribution < 1.29 is 4.79 Å². The summed E-state index contributed by atoms with van der Waals surface area (Å²) in [6.45, 7) is 0.0688. The monoisotopic (exact) mass is 437 g/mol. The van der Waals surface area contributed by atoms with Gasteiger partial charge in [-0.05, 0) is 30.3 Å². The van der Waals surface area contributed by atoms with Crippen LogP contribution in [0.15, 0.2) is 88.5 Å². The van der Waals surface area contributed by atoms with Crippen LogP contribution in [0.4, 0.5) is 0 Å². The molecular weight excluding hydrogens is 418 g/mol. The number of nitrogens with zero attached hydrogens (tertiary/aromatic N) is 4. The molecule has 0 aliphatic heterocycles. The van der Waals surface area contributed by atoms with Crippen molar-refractivity contribution in [3.8, 4) is 5.69 Å². The van der Waals surface area contributed by atoms with E-state index in [4.69, 9.17) is 0 Å². The number of fused-ring (bicyclic) bond motifs is 2. The van der Waals surface area contributed by atoms with E-state index in [-0.39, 0.29) is 23.4 Å². The molecule has 2 aromatic heterocycles. The van der Waals surface area contributed by atoms with Gasteiger partial charge in [-0.2, -0.15) is 9.78 Å². The Kier molecular flexibility index (Phi) is 5.02. The number of para-hydroxylation sites is 2. The Morgan fingerprint density at radius 3 is 2.27 bits per heavy atom. The lowest BCUT2D eigenvalue weighted by Crippen LogP contribution is -2.32. The molecule has 0 atom stereocenters. The first kappa shape index (κ1) is 20.3. The first-order valence-corrected chi connectivity index (χ1v) is 10.3. The molecule has 8 nitrogen and oxygen atoms in total. The standard InChI is InChI=1S/C25H19N5O3/c1-29(15-21-26-20-14-8-7-13-19(20)23(31)27-21)25(33)22-17-11-5-6-12-18(17)24(32)30(28-22)16-9-3-2-4-10-16/h2-14H,15H2,1H3,(H,26,27,31). The van der Waals surface area contributed by atoms with E-state index in [1.54, 1.807) is 79.8 Å². The van der Waals surface area contributed by atoms with Crippen molar-refractivity contribution in [3.05, 3.63) is 111 Å². The van der Waals surface area contributed by atoms with Crippen LogP contribution in [0.1, 0.15) is 16.3 Å². The molecule has 2 heterocycles. The summed E-state index contributed by atoms with van der Waals surface area (Å²) in [7, 11) is 1.60. The number of aromatic nitrogens is 4. The number of hydrogen-bond donors (Lipinski definition) is 1. The average Bonchev–Trinajstić information content (AvgIpc) is 2.84. The zero-order valence-electron chi connectivity index (χ0n) is 17.7. The van der Waals surface area contributed by atoms with Crippen molar-refractivity contribution in [2.75, 3.05) is 7.05 Å². The first-order chi connectivity index (χ1) is 16.0. The van der Waals surface area contributed by atoms with Gasteiger partial charge < -0.3 is 9.88 Å². The van der Waals surface area contributed by atoms with E-state index < -0.39 is 5.91 Å². The molecule has 0 spiro atoms. The summed E-state index contributed by atoms with van der Waals surface area (Å²) < 4.78 is 1.24. The lowest BCUT2D eigenvalue weighted by Gasteiger charge is -2.18. The molecule has 8 heteroatoms. The topological polar surface area (TPSA) is 101 Å². The maximum atomic E-state index is 13.4. The number of aromatic amines is 1. The minimum Gasteiger partial charge on any atom is -0.333 e. The number of carbonyl (C=O) groups excluding carboxylic acids is 1. The Bertz CT molecular complexity index is 1620. The molecule has 0 radical (unpaired) electrons. The minimum atomic E-state index is -0.397. The maximum Gasteiger partial charge on any atom is 0.279 e. The van der Waals surface area contributed by atoms with E-state index in [9.17, 15) is 14.4 Å². The number of benzene rings is 3. The lowest BCUT2D eigenvalue weighted by molar-refractivity contribution is 0.0776. The second-order valence-electron chi connectivity index (χ2n) is 7.64. The van der Waals surface area contributed by atoms with Gasteiger partial charge in [0, 0.05) is 12.4 Å². The molecule has 162 valence electrons. The van der Waals surface area contributed by atoms with Crippen LogP contribution in [0.25, 0.3) is 27.4 Å². The highest BCUT2D eigenvalue weighted by Crippen LogP contribution is 2.17. The van der Waals surface area contributed by atoms with Gasteiger partial charge in [-0.1, -0.05) is 48.5 Å². The largest absolute Gasteiger partial charge is 0.333 e. The van der Waals surface area contributed by atoms with Crippen molar-refractivity contribution in [3.63, 3.8) is 0 Å². The fourth-order valence-electron chi connectivity index (χ4n) is 3.78. The zero-order chi connectivity index (χ0) is 22.9. The van der Waals surface area contributed by atoms with Gasteiger partial charge in [-0.25, -0.2) is 4.98 Å². The van der Waals surface area contributed by atoms with E-state index in [0.717, 1.165) is 0 Å². The third-order valence-corrected chi connectivity index (χ3v) is 5.40. The molecule has 0 unspecified atom stereocenters. The lowest BCUT2D eigenvalue weighted by atomic mass is 10.1. The summed E-state index contributed by atoms with van der Waals surface area (Å²) in [5, 5.41) is 5.76. The van der Waals surface area contributed by atoms with Crippen molar-refractivity contribution >= 4 is 27.6 Å². The number of carbonyl (C=O) groups is 1. The summed E-state index contributed by atoms with van der Waals surface area (Å²) in [5.41, 5.74) is 0.678. The van der Waals surface area contributed by atoms with E-state index in [0.29, 0.717) is 33.2 Å². The van der Waals surface area contributed by atoms with Crippen LogP contribution in [0.5, 0.6) is 0 Å². The van der Waals surface area contributed by atoms with Gasteiger partial charge in [-0.15, -0.1) is 0 Å². The van der Waals surface area contributed by atoms with Crippen molar-refractivity contribution in [1.29, 1.82) is 0 Å². The third kappa shape index (κ3) is 3.67. The smallest absolute Gasteiger partial charge is 0.279 e.